The van der Waals surface area contributed by atoms with E-state index in [0.717, 1.165) is 18.9 Å². The average molecular weight is 291 g/mol. The molecule has 0 aliphatic heterocycles. The van der Waals surface area contributed by atoms with Crippen LogP contribution in [0.25, 0.3) is 0 Å². The predicted octanol–water partition coefficient (Wildman–Crippen LogP) is 1.02. The Morgan fingerprint density at radius 3 is 2.57 bits per heavy atom. The summed E-state index contributed by atoms with van der Waals surface area (Å²) in [6.45, 7) is 6.41. The zero-order valence-corrected chi connectivity index (χ0v) is 13.0. The summed E-state index contributed by atoms with van der Waals surface area (Å²) in [6.07, 6.45) is 4.29. The maximum Gasteiger partial charge on any atom is 0.252 e. The second kappa shape index (κ2) is 9.74. The highest BCUT2D eigenvalue weighted by molar-refractivity contribution is 5.93. The topological polar surface area (TPSA) is 78.4 Å². The lowest BCUT2D eigenvalue weighted by Crippen LogP contribution is -2.42. The third kappa shape index (κ3) is 7.29. The van der Waals surface area contributed by atoms with Crippen molar-refractivity contribution in [2.24, 2.45) is 10.9 Å². The van der Waals surface area contributed by atoms with Gasteiger partial charge in [0.05, 0.1) is 5.56 Å². The van der Waals surface area contributed by atoms with E-state index in [1.165, 1.54) is 0 Å². The molecule has 0 spiro atoms. The molecule has 0 aliphatic rings. The van der Waals surface area contributed by atoms with E-state index >= 15 is 0 Å². The second-order valence-corrected chi connectivity index (χ2v) is 5.11. The lowest BCUT2D eigenvalue weighted by atomic mass is 10.1. The number of amides is 1. The summed E-state index contributed by atoms with van der Waals surface area (Å²) in [5.41, 5.74) is 0.567. The molecule has 0 radical (unpaired) electrons. The molecule has 21 heavy (non-hydrogen) atoms. The number of hydrogen-bond acceptors (Lipinski definition) is 3. The fraction of sp³-hybridized carbons (Fsp3) is 0.533. The number of pyridine rings is 1. The molecule has 116 valence electrons. The summed E-state index contributed by atoms with van der Waals surface area (Å²) in [4.78, 5) is 19.8. The molecular weight excluding hydrogens is 266 g/mol. The van der Waals surface area contributed by atoms with Gasteiger partial charge in [-0.2, -0.15) is 0 Å². The van der Waals surface area contributed by atoms with Crippen LogP contribution in [0.15, 0.2) is 29.5 Å². The summed E-state index contributed by atoms with van der Waals surface area (Å²) >= 11 is 0. The Morgan fingerprint density at radius 1 is 1.24 bits per heavy atom. The highest BCUT2D eigenvalue weighted by Gasteiger charge is 2.04. The summed E-state index contributed by atoms with van der Waals surface area (Å²) < 4.78 is 0. The van der Waals surface area contributed by atoms with Crippen molar-refractivity contribution in [3.05, 3.63) is 30.1 Å². The Hall–Kier alpha value is -2.11. The van der Waals surface area contributed by atoms with E-state index in [-0.39, 0.29) is 5.91 Å². The summed E-state index contributed by atoms with van der Waals surface area (Å²) in [7, 11) is 1.74. The van der Waals surface area contributed by atoms with E-state index in [1.807, 2.05) is 0 Å². The molecule has 1 heterocycles. The monoisotopic (exact) mass is 291 g/mol. The quantitative estimate of drug-likeness (QED) is 0.398. The number of rotatable bonds is 7. The Balaban J connectivity index is 2.19. The van der Waals surface area contributed by atoms with Gasteiger partial charge in [-0.3, -0.25) is 14.8 Å². The largest absolute Gasteiger partial charge is 0.356 e. The van der Waals surface area contributed by atoms with E-state index in [1.54, 1.807) is 31.6 Å². The Labute approximate surface area is 126 Å². The van der Waals surface area contributed by atoms with Crippen LogP contribution in [0.3, 0.4) is 0 Å². The molecule has 0 bridgehead atoms. The second-order valence-electron chi connectivity index (χ2n) is 5.11. The van der Waals surface area contributed by atoms with Crippen LogP contribution in [0.2, 0.25) is 0 Å². The minimum Gasteiger partial charge on any atom is -0.356 e. The van der Waals surface area contributed by atoms with E-state index in [2.05, 4.69) is 39.8 Å². The molecule has 3 N–H and O–H groups in total. The average Bonchev–Trinajstić information content (AvgIpc) is 2.50. The highest BCUT2D eigenvalue weighted by Crippen LogP contribution is 1.96. The van der Waals surface area contributed by atoms with Crippen molar-refractivity contribution in [1.82, 2.24) is 20.9 Å². The van der Waals surface area contributed by atoms with Gasteiger partial charge in [-0.05, 0) is 24.5 Å². The van der Waals surface area contributed by atoms with Gasteiger partial charge in [0.2, 0.25) is 0 Å². The molecule has 6 heteroatoms. The molecule has 0 aromatic carbocycles. The van der Waals surface area contributed by atoms with Crippen LogP contribution < -0.4 is 16.0 Å². The first kappa shape index (κ1) is 16.9. The van der Waals surface area contributed by atoms with E-state index in [0.29, 0.717) is 24.6 Å². The number of carbonyl (C=O) groups is 1. The molecule has 6 nitrogen and oxygen atoms in total. The van der Waals surface area contributed by atoms with Gasteiger partial charge in [-0.15, -0.1) is 0 Å². The number of nitrogens with one attached hydrogen (secondary N) is 3. The highest BCUT2D eigenvalue weighted by atomic mass is 16.1. The van der Waals surface area contributed by atoms with Crippen LogP contribution in [-0.4, -0.2) is 43.5 Å². The molecular formula is C15H25N5O. The molecule has 1 rings (SSSR count). The smallest absolute Gasteiger partial charge is 0.252 e. The summed E-state index contributed by atoms with van der Waals surface area (Å²) in [6, 6.07) is 3.48. The summed E-state index contributed by atoms with van der Waals surface area (Å²) in [5.74, 6) is 1.30. The molecule has 0 atom stereocenters. The molecule has 0 fully saturated rings. The van der Waals surface area contributed by atoms with Crippen molar-refractivity contribution in [2.45, 2.75) is 20.3 Å². The van der Waals surface area contributed by atoms with Crippen molar-refractivity contribution in [1.29, 1.82) is 0 Å². The number of aliphatic imine (C=N–C) groups is 1. The first-order valence-electron chi connectivity index (χ1n) is 7.26. The van der Waals surface area contributed by atoms with Crippen molar-refractivity contribution in [2.75, 3.05) is 26.7 Å². The lowest BCUT2D eigenvalue weighted by molar-refractivity contribution is 0.0954. The normalized spacial score (nSPS) is 11.3. The SMILES string of the molecule is CN=C(NCCNC(=O)c1cccnc1)NCCC(C)C. The molecule has 0 saturated heterocycles. The molecule has 0 unspecified atom stereocenters. The molecule has 0 saturated carbocycles. The van der Waals surface area contributed by atoms with Crippen LogP contribution in [0, 0.1) is 5.92 Å². The van der Waals surface area contributed by atoms with Gasteiger partial charge < -0.3 is 16.0 Å². The number of aromatic nitrogens is 1. The molecule has 1 aromatic heterocycles. The zero-order chi connectivity index (χ0) is 15.5. The molecule has 1 amide bonds. The fourth-order valence-corrected chi connectivity index (χ4v) is 1.66. The van der Waals surface area contributed by atoms with Crippen LogP contribution in [0.4, 0.5) is 0 Å². The van der Waals surface area contributed by atoms with Gasteiger partial charge in [-0.1, -0.05) is 13.8 Å². The van der Waals surface area contributed by atoms with Gasteiger partial charge in [0.15, 0.2) is 5.96 Å². The van der Waals surface area contributed by atoms with Crippen molar-refractivity contribution >= 4 is 11.9 Å². The van der Waals surface area contributed by atoms with E-state index in [4.69, 9.17) is 0 Å². The third-order valence-corrected chi connectivity index (χ3v) is 2.86. The van der Waals surface area contributed by atoms with Crippen LogP contribution in [0.1, 0.15) is 30.6 Å². The maximum atomic E-state index is 11.8. The number of nitrogens with zero attached hydrogens (tertiary/aromatic N) is 2. The molecule has 1 aromatic rings. The third-order valence-electron chi connectivity index (χ3n) is 2.86. The standard InChI is InChI=1S/C15H25N5O/c1-12(2)6-8-19-15(16-3)20-10-9-18-14(21)13-5-4-7-17-11-13/h4-5,7,11-12H,6,8-10H2,1-3H3,(H,18,21)(H2,16,19,20). The molecule has 0 aliphatic carbocycles. The van der Waals surface area contributed by atoms with Crippen molar-refractivity contribution in [3.8, 4) is 0 Å². The van der Waals surface area contributed by atoms with Gasteiger partial charge in [0, 0.05) is 39.1 Å². The lowest BCUT2D eigenvalue weighted by Gasteiger charge is -2.13. The van der Waals surface area contributed by atoms with Crippen LogP contribution in [-0.2, 0) is 0 Å². The minimum atomic E-state index is -0.118. The zero-order valence-electron chi connectivity index (χ0n) is 13.0. The Bertz CT molecular complexity index is 445. The fourth-order valence-electron chi connectivity index (χ4n) is 1.66. The summed E-state index contributed by atoms with van der Waals surface area (Å²) in [5, 5.41) is 9.22. The van der Waals surface area contributed by atoms with Gasteiger partial charge in [0.25, 0.3) is 5.91 Å². The Kier molecular flexibility index (Phi) is 7.86. The van der Waals surface area contributed by atoms with Gasteiger partial charge >= 0.3 is 0 Å². The van der Waals surface area contributed by atoms with E-state index in [9.17, 15) is 4.79 Å². The van der Waals surface area contributed by atoms with Crippen molar-refractivity contribution in [3.63, 3.8) is 0 Å². The first-order valence-corrected chi connectivity index (χ1v) is 7.26. The number of carbonyl (C=O) groups excluding carboxylic acids is 1. The predicted molar refractivity (Wildman–Crippen MR) is 85.4 cm³/mol. The van der Waals surface area contributed by atoms with Crippen molar-refractivity contribution < 1.29 is 4.79 Å². The van der Waals surface area contributed by atoms with Crippen LogP contribution in [0.5, 0.6) is 0 Å². The maximum absolute atomic E-state index is 11.8. The van der Waals surface area contributed by atoms with Crippen LogP contribution >= 0.6 is 0 Å². The number of guanidine groups is 1. The first-order chi connectivity index (χ1) is 10.1. The Morgan fingerprint density at radius 2 is 1.95 bits per heavy atom. The minimum absolute atomic E-state index is 0.118. The number of hydrogen-bond donors (Lipinski definition) is 3. The van der Waals surface area contributed by atoms with E-state index < -0.39 is 0 Å². The van der Waals surface area contributed by atoms with Gasteiger partial charge in [0.1, 0.15) is 0 Å². The van der Waals surface area contributed by atoms with Gasteiger partial charge in [-0.25, -0.2) is 0 Å².